The van der Waals surface area contributed by atoms with E-state index in [-0.39, 0.29) is 17.9 Å². The Balaban J connectivity index is 1.56. The first-order chi connectivity index (χ1) is 24.9. The van der Waals surface area contributed by atoms with Crippen molar-refractivity contribution in [2.75, 3.05) is 52.4 Å². The normalized spacial score (nSPS) is 14.0. The lowest BCUT2D eigenvalue weighted by molar-refractivity contribution is -0.122. The number of pyridine rings is 1. The highest BCUT2D eigenvalue weighted by Crippen LogP contribution is 2.28. The number of hydrogen-bond donors (Lipinski definition) is 0. The molecule has 1 amide bonds. The zero-order valence-electron chi connectivity index (χ0n) is 30.9. The topological polar surface area (TPSA) is 141 Å². The van der Waals surface area contributed by atoms with Crippen LogP contribution in [-0.4, -0.2) is 107 Å². The Labute approximate surface area is 304 Å². The fourth-order valence-electron chi connectivity index (χ4n) is 5.86. The minimum absolute atomic E-state index is 0.0409. The summed E-state index contributed by atoms with van der Waals surface area (Å²) in [5.74, 6) is 1.35. The van der Waals surface area contributed by atoms with Gasteiger partial charge in [-0.05, 0) is 62.2 Å². The van der Waals surface area contributed by atoms with E-state index in [1.165, 1.54) is 11.9 Å². The maximum absolute atomic E-state index is 14.8. The van der Waals surface area contributed by atoms with Gasteiger partial charge in [-0.1, -0.05) is 31.2 Å². The van der Waals surface area contributed by atoms with Crippen molar-refractivity contribution in [3.05, 3.63) is 83.7 Å². The zero-order chi connectivity index (χ0) is 37.4. The van der Waals surface area contributed by atoms with E-state index in [0.717, 1.165) is 11.1 Å². The van der Waals surface area contributed by atoms with Crippen LogP contribution in [-0.2, 0) is 22.6 Å². The molecule has 1 aliphatic rings. The molecule has 0 spiro atoms. The van der Waals surface area contributed by atoms with Crippen molar-refractivity contribution < 1.29 is 33.3 Å². The first kappa shape index (κ1) is 37.7. The number of amides is 1. The number of piperazine rings is 1. The summed E-state index contributed by atoms with van der Waals surface area (Å²) in [4.78, 5) is 52.3. The smallest absolute Gasteiger partial charge is 0.410 e. The largest absolute Gasteiger partial charge is 0.497 e. The number of anilines is 1. The van der Waals surface area contributed by atoms with E-state index in [0.29, 0.717) is 68.2 Å². The molecular weight excluding hydrogens is 666 g/mol. The molecule has 0 bridgehead atoms. The lowest BCUT2D eigenvalue weighted by Crippen LogP contribution is -2.57. The molecule has 5 rings (SSSR count). The molecule has 1 saturated heterocycles. The second-order valence-electron chi connectivity index (χ2n) is 13.4. The Kier molecular flexibility index (Phi) is 12.1. The lowest BCUT2D eigenvalue weighted by atomic mass is 10.00. The molecule has 0 N–H and O–H groups in total. The lowest BCUT2D eigenvalue weighted by Gasteiger charge is -2.38. The average molecular weight is 714 g/mol. The molecule has 2 aromatic carbocycles. The number of methoxy groups -OCH3 is 3. The van der Waals surface area contributed by atoms with Crippen LogP contribution in [0, 0.1) is 0 Å². The Morgan fingerprint density at radius 3 is 1.88 bits per heavy atom. The van der Waals surface area contributed by atoms with Crippen molar-refractivity contribution in [1.82, 2.24) is 29.8 Å². The van der Waals surface area contributed by atoms with Gasteiger partial charge in [-0.25, -0.2) is 9.78 Å². The molecule has 1 fully saturated rings. The molecule has 1 atom stereocenters. The van der Waals surface area contributed by atoms with E-state index in [4.69, 9.17) is 29.1 Å². The van der Waals surface area contributed by atoms with Crippen molar-refractivity contribution in [1.29, 1.82) is 0 Å². The third-order valence-corrected chi connectivity index (χ3v) is 8.59. The minimum atomic E-state index is -1.13. The number of benzene rings is 2. The number of nitrogens with zero attached hydrogens (tertiary/aromatic N) is 7. The van der Waals surface area contributed by atoms with Crippen molar-refractivity contribution in [3.8, 4) is 23.1 Å². The highest BCUT2D eigenvalue weighted by atomic mass is 16.6. The van der Waals surface area contributed by atoms with Crippen LogP contribution in [0.5, 0.6) is 17.4 Å². The fraction of sp³-hybridized carbons (Fsp3) is 0.421. The molecule has 52 heavy (non-hydrogen) atoms. The summed E-state index contributed by atoms with van der Waals surface area (Å²) in [5.41, 5.74) is 1.79. The van der Waals surface area contributed by atoms with Crippen molar-refractivity contribution >= 4 is 23.5 Å². The van der Waals surface area contributed by atoms with E-state index in [1.807, 2.05) is 79.1 Å². The van der Waals surface area contributed by atoms with Crippen LogP contribution in [0.4, 0.5) is 10.6 Å². The van der Waals surface area contributed by atoms with Gasteiger partial charge >= 0.3 is 6.09 Å². The van der Waals surface area contributed by atoms with E-state index in [2.05, 4.69) is 4.98 Å². The quantitative estimate of drug-likeness (QED) is 0.129. The molecular formula is C38H47N7O7. The first-order valence-electron chi connectivity index (χ1n) is 17.2. The van der Waals surface area contributed by atoms with Gasteiger partial charge in [-0.2, -0.15) is 0 Å². The molecule has 14 nitrogen and oxygen atoms in total. The highest BCUT2D eigenvalue weighted by Gasteiger charge is 2.39. The molecule has 276 valence electrons. The van der Waals surface area contributed by atoms with Crippen LogP contribution >= 0.6 is 0 Å². The molecule has 0 aliphatic carbocycles. The summed E-state index contributed by atoms with van der Waals surface area (Å²) < 4.78 is 21.7. The predicted molar refractivity (Wildman–Crippen MR) is 194 cm³/mol. The maximum Gasteiger partial charge on any atom is 0.410 e. The molecule has 1 unspecified atom stereocenters. The number of rotatable bonds is 14. The Bertz CT molecular complexity index is 1780. The molecule has 14 heteroatoms. The Morgan fingerprint density at radius 1 is 0.808 bits per heavy atom. The van der Waals surface area contributed by atoms with Gasteiger partial charge in [0.15, 0.2) is 17.3 Å². The van der Waals surface area contributed by atoms with Crippen LogP contribution in [0.25, 0.3) is 5.69 Å². The summed E-state index contributed by atoms with van der Waals surface area (Å²) >= 11 is 0. The van der Waals surface area contributed by atoms with Crippen molar-refractivity contribution in [2.24, 2.45) is 0 Å². The summed E-state index contributed by atoms with van der Waals surface area (Å²) in [5, 5.41) is 9.66. The molecule has 4 aromatic rings. The van der Waals surface area contributed by atoms with Gasteiger partial charge in [0, 0.05) is 58.0 Å². The Hall–Kier alpha value is -5.50. The second-order valence-corrected chi connectivity index (χ2v) is 13.4. The third-order valence-electron chi connectivity index (χ3n) is 8.59. The summed E-state index contributed by atoms with van der Waals surface area (Å²) in [6, 6.07) is 17.5. The van der Waals surface area contributed by atoms with Crippen molar-refractivity contribution in [3.63, 3.8) is 0 Å². The zero-order valence-corrected chi connectivity index (χ0v) is 30.9. The molecule has 2 aromatic heterocycles. The number of hydrogen-bond acceptors (Lipinski definition) is 12. The van der Waals surface area contributed by atoms with Crippen molar-refractivity contribution in [2.45, 2.75) is 58.8 Å². The molecule has 1 aliphatic heterocycles. The number of Topliss-reactive ketones (excluding diaryl/α,β-unsaturated/α-hetero) is 2. The number of ether oxygens (including phenoxy) is 4. The predicted octanol–water partition coefficient (Wildman–Crippen LogP) is 4.98. The van der Waals surface area contributed by atoms with Gasteiger partial charge in [0.2, 0.25) is 11.7 Å². The average Bonchev–Trinajstić information content (AvgIpc) is 3.60. The monoisotopic (exact) mass is 713 g/mol. The highest BCUT2D eigenvalue weighted by molar-refractivity contribution is 6.15. The van der Waals surface area contributed by atoms with Crippen LogP contribution < -0.4 is 19.1 Å². The molecule has 0 radical (unpaired) electrons. The Morgan fingerprint density at radius 2 is 1.38 bits per heavy atom. The van der Waals surface area contributed by atoms with Gasteiger partial charge in [-0.15, -0.1) is 15.0 Å². The van der Waals surface area contributed by atoms with E-state index in [1.54, 1.807) is 44.4 Å². The second kappa shape index (κ2) is 16.7. The van der Waals surface area contributed by atoms with Gasteiger partial charge in [0.25, 0.3) is 0 Å². The van der Waals surface area contributed by atoms with Gasteiger partial charge < -0.3 is 28.7 Å². The number of carbonyl (C=O) groups is 3. The molecule has 3 heterocycles. The van der Waals surface area contributed by atoms with Crippen LogP contribution in [0.15, 0.2) is 66.9 Å². The fourth-order valence-corrected chi connectivity index (χ4v) is 5.86. The van der Waals surface area contributed by atoms with Gasteiger partial charge in [0.1, 0.15) is 23.1 Å². The maximum atomic E-state index is 14.8. The third kappa shape index (κ3) is 9.23. The standard InChI is InChI=1S/C38H47N7O7/c1-8-31(46)34(42-19-21-43(22-20-42)37(48)52-38(2,3)4)35(47)33-36(41-45(40-33)28-17-18-39-32(23-28)51-7)44(24-26-9-13-29(49-5)14-10-26)25-27-11-15-30(50-6)16-12-27/h9-18,23,34H,8,19-22,24-25H2,1-7H3. The number of carbonyl (C=O) groups excluding carboxylic acids is 3. The summed E-state index contributed by atoms with van der Waals surface area (Å²) in [7, 11) is 4.74. The molecule has 0 saturated carbocycles. The van der Waals surface area contributed by atoms with E-state index >= 15 is 0 Å². The number of aromatic nitrogens is 4. The van der Waals surface area contributed by atoms with Crippen LogP contribution in [0.2, 0.25) is 0 Å². The first-order valence-corrected chi connectivity index (χ1v) is 17.2. The van der Waals surface area contributed by atoms with E-state index in [9.17, 15) is 14.4 Å². The number of ketones is 2. The van der Waals surface area contributed by atoms with Gasteiger partial charge in [0.05, 0.1) is 27.0 Å². The summed E-state index contributed by atoms with van der Waals surface area (Å²) in [6.45, 7) is 9.09. The van der Waals surface area contributed by atoms with E-state index < -0.39 is 23.5 Å². The van der Waals surface area contributed by atoms with Crippen LogP contribution in [0.1, 0.15) is 55.7 Å². The van der Waals surface area contributed by atoms with Crippen LogP contribution in [0.3, 0.4) is 0 Å². The SMILES string of the molecule is CCC(=O)C(C(=O)c1nn(-c2ccnc(OC)c2)nc1N(Cc1ccc(OC)cc1)Cc1ccc(OC)cc1)N1CCN(C(=O)OC(C)(C)C)CC1. The van der Waals surface area contributed by atoms with Gasteiger partial charge in [-0.3, -0.25) is 14.5 Å². The summed E-state index contributed by atoms with van der Waals surface area (Å²) in [6.07, 6.45) is 1.27. The minimum Gasteiger partial charge on any atom is -0.497 e.